The van der Waals surface area contributed by atoms with E-state index in [2.05, 4.69) is 16.3 Å². The van der Waals surface area contributed by atoms with Gasteiger partial charge in [0.15, 0.2) is 0 Å². The fraction of sp³-hybridized carbons (Fsp3) is 0.636. The Kier molecular flexibility index (Phi) is 5.33. The van der Waals surface area contributed by atoms with Gasteiger partial charge in [-0.2, -0.15) is 0 Å². The summed E-state index contributed by atoms with van der Waals surface area (Å²) in [5, 5.41) is 3.39. The van der Waals surface area contributed by atoms with Gasteiger partial charge in [-0.3, -0.25) is 4.90 Å². The van der Waals surface area contributed by atoms with Crippen LogP contribution in [0.1, 0.15) is 13.3 Å². The summed E-state index contributed by atoms with van der Waals surface area (Å²) in [6.45, 7) is 7.55. The van der Waals surface area contributed by atoms with E-state index in [0.29, 0.717) is 0 Å². The highest BCUT2D eigenvalue weighted by Gasteiger charge is 2.05. The van der Waals surface area contributed by atoms with Crippen molar-refractivity contribution in [1.82, 2.24) is 10.2 Å². The standard InChI is InChI=1S/C11H21N3/c1-11(12)5-2-3-8-14-9-4-6-13-7-10-14/h2-3,5,13H,4,6-10,12H2,1H3/b3-2+,11-5-. The number of nitrogens with zero attached hydrogens (tertiary/aromatic N) is 1. The molecule has 1 saturated heterocycles. The van der Waals surface area contributed by atoms with E-state index in [-0.39, 0.29) is 0 Å². The van der Waals surface area contributed by atoms with Gasteiger partial charge in [-0.25, -0.2) is 0 Å². The summed E-state index contributed by atoms with van der Waals surface area (Å²) in [7, 11) is 0. The average Bonchev–Trinajstić information content (AvgIpc) is 2.40. The van der Waals surface area contributed by atoms with Crippen LogP contribution in [0.15, 0.2) is 23.9 Å². The van der Waals surface area contributed by atoms with Crippen LogP contribution in [-0.4, -0.2) is 37.6 Å². The van der Waals surface area contributed by atoms with E-state index in [9.17, 15) is 0 Å². The smallest absolute Gasteiger partial charge is 0.0166 e. The van der Waals surface area contributed by atoms with E-state index >= 15 is 0 Å². The largest absolute Gasteiger partial charge is 0.402 e. The van der Waals surface area contributed by atoms with E-state index in [0.717, 1.165) is 31.9 Å². The lowest BCUT2D eigenvalue weighted by molar-refractivity contribution is 0.324. The summed E-state index contributed by atoms with van der Waals surface area (Å²) < 4.78 is 0. The van der Waals surface area contributed by atoms with Crippen molar-refractivity contribution >= 4 is 0 Å². The summed E-state index contributed by atoms with van der Waals surface area (Å²) >= 11 is 0. The van der Waals surface area contributed by atoms with Crippen LogP contribution in [0.25, 0.3) is 0 Å². The second kappa shape index (κ2) is 6.62. The van der Waals surface area contributed by atoms with Crippen LogP contribution in [0.4, 0.5) is 0 Å². The predicted molar refractivity (Wildman–Crippen MR) is 61.0 cm³/mol. The minimum Gasteiger partial charge on any atom is -0.402 e. The maximum Gasteiger partial charge on any atom is 0.0166 e. The number of nitrogens with two attached hydrogens (primary N) is 1. The van der Waals surface area contributed by atoms with Gasteiger partial charge in [0.25, 0.3) is 0 Å². The average molecular weight is 195 g/mol. The third-order valence-electron chi connectivity index (χ3n) is 2.29. The molecule has 0 unspecified atom stereocenters. The lowest BCUT2D eigenvalue weighted by Gasteiger charge is -2.16. The van der Waals surface area contributed by atoms with Gasteiger partial charge in [-0.1, -0.05) is 12.2 Å². The van der Waals surface area contributed by atoms with Gasteiger partial charge in [-0.15, -0.1) is 0 Å². The number of hydrogen-bond donors (Lipinski definition) is 2. The maximum atomic E-state index is 5.52. The molecule has 0 aromatic rings. The van der Waals surface area contributed by atoms with E-state index in [1.54, 1.807) is 0 Å². The van der Waals surface area contributed by atoms with Crippen molar-refractivity contribution in [3.8, 4) is 0 Å². The summed E-state index contributed by atoms with van der Waals surface area (Å²) in [5.74, 6) is 0. The molecular weight excluding hydrogens is 174 g/mol. The monoisotopic (exact) mass is 195 g/mol. The summed E-state index contributed by atoms with van der Waals surface area (Å²) in [6.07, 6.45) is 7.39. The van der Waals surface area contributed by atoms with Crippen LogP contribution in [0.2, 0.25) is 0 Å². The van der Waals surface area contributed by atoms with Crippen molar-refractivity contribution in [2.75, 3.05) is 32.7 Å². The van der Waals surface area contributed by atoms with Gasteiger partial charge < -0.3 is 11.1 Å². The van der Waals surface area contributed by atoms with E-state index < -0.39 is 0 Å². The maximum absolute atomic E-state index is 5.52. The van der Waals surface area contributed by atoms with Crippen LogP contribution < -0.4 is 11.1 Å². The van der Waals surface area contributed by atoms with Crippen molar-refractivity contribution in [3.63, 3.8) is 0 Å². The minimum absolute atomic E-state index is 0.860. The first-order chi connectivity index (χ1) is 6.79. The highest BCUT2D eigenvalue weighted by molar-refractivity contribution is 5.07. The first-order valence-corrected chi connectivity index (χ1v) is 5.31. The SMILES string of the molecule is C/C(N)=C/C=C/CN1CCCNCC1. The van der Waals surface area contributed by atoms with Gasteiger partial charge in [-0.05, 0) is 32.5 Å². The molecule has 0 saturated carbocycles. The summed E-state index contributed by atoms with van der Waals surface area (Å²) in [6, 6.07) is 0. The first kappa shape index (κ1) is 11.3. The Morgan fingerprint density at radius 1 is 1.43 bits per heavy atom. The lowest BCUT2D eigenvalue weighted by atomic mass is 10.3. The van der Waals surface area contributed by atoms with Gasteiger partial charge >= 0.3 is 0 Å². The Morgan fingerprint density at radius 3 is 3.07 bits per heavy atom. The zero-order valence-corrected chi connectivity index (χ0v) is 9.00. The second-order valence-corrected chi connectivity index (χ2v) is 3.74. The predicted octanol–water partition coefficient (Wildman–Crippen LogP) is 0.700. The molecule has 0 spiro atoms. The highest BCUT2D eigenvalue weighted by atomic mass is 15.1. The number of hydrogen-bond acceptors (Lipinski definition) is 3. The molecule has 0 bridgehead atoms. The van der Waals surface area contributed by atoms with E-state index in [1.165, 1.54) is 13.0 Å². The molecule has 0 amide bonds. The molecular formula is C11H21N3. The summed E-state index contributed by atoms with van der Waals surface area (Å²) in [5.41, 5.74) is 6.38. The Morgan fingerprint density at radius 2 is 2.29 bits per heavy atom. The van der Waals surface area contributed by atoms with Gasteiger partial charge in [0.2, 0.25) is 0 Å². The number of nitrogens with one attached hydrogen (secondary N) is 1. The Bertz CT molecular complexity index is 197. The number of allylic oxidation sites excluding steroid dienone is 3. The quantitative estimate of drug-likeness (QED) is 0.651. The van der Waals surface area contributed by atoms with Gasteiger partial charge in [0, 0.05) is 25.3 Å². The Hall–Kier alpha value is -0.800. The van der Waals surface area contributed by atoms with E-state index in [4.69, 9.17) is 5.73 Å². The zero-order valence-electron chi connectivity index (χ0n) is 9.00. The first-order valence-electron chi connectivity index (χ1n) is 5.31. The molecule has 1 aliphatic heterocycles. The van der Waals surface area contributed by atoms with Crippen LogP contribution in [0.3, 0.4) is 0 Å². The van der Waals surface area contributed by atoms with Crippen LogP contribution >= 0.6 is 0 Å². The molecule has 0 atom stereocenters. The second-order valence-electron chi connectivity index (χ2n) is 3.74. The third kappa shape index (κ3) is 5.04. The zero-order chi connectivity index (χ0) is 10.2. The van der Waals surface area contributed by atoms with Crippen molar-refractivity contribution < 1.29 is 0 Å². The normalized spacial score (nSPS) is 21.4. The Balaban J connectivity index is 2.22. The van der Waals surface area contributed by atoms with E-state index in [1.807, 2.05) is 19.1 Å². The van der Waals surface area contributed by atoms with Crippen molar-refractivity contribution in [1.29, 1.82) is 0 Å². The van der Waals surface area contributed by atoms with Crippen LogP contribution in [0, 0.1) is 0 Å². The van der Waals surface area contributed by atoms with Crippen molar-refractivity contribution in [2.45, 2.75) is 13.3 Å². The molecule has 1 rings (SSSR count). The molecule has 1 aliphatic rings. The van der Waals surface area contributed by atoms with Crippen molar-refractivity contribution in [3.05, 3.63) is 23.9 Å². The highest BCUT2D eigenvalue weighted by Crippen LogP contribution is 1.95. The molecule has 14 heavy (non-hydrogen) atoms. The number of rotatable bonds is 3. The molecule has 1 fully saturated rings. The molecule has 3 N–H and O–H groups in total. The topological polar surface area (TPSA) is 41.3 Å². The van der Waals surface area contributed by atoms with Crippen LogP contribution in [0.5, 0.6) is 0 Å². The van der Waals surface area contributed by atoms with Gasteiger partial charge in [0.05, 0.1) is 0 Å². The molecule has 0 aliphatic carbocycles. The lowest BCUT2D eigenvalue weighted by Crippen LogP contribution is -2.28. The molecule has 3 heteroatoms. The fourth-order valence-corrected chi connectivity index (χ4v) is 1.51. The van der Waals surface area contributed by atoms with Crippen LogP contribution in [-0.2, 0) is 0 Å². The molecule has 0 radical (unpaired) electrons. The Labute approximate surface area is 86.7 Å². The molecule has 0 aromatic heterocycles. The van der Waals surface area contributed by atoms with Crippen molar-refractivity contribution in [2.24, 2.45) is 5.73 Å². The molecule has 0 aromatic carbocycles. The minimum atomic E-state index is 0.860. The summed E-state index contributed by atoms with van der Waals surface area (Å²) in [4.78, 5) is 2.45. The fourth-order valence-electron chi connectivity index (χ4n) is 1.51. The molecule has 1 heterocycles. The third-order valence-corrected chi connectivity index (χ3v) is 2.29. The van der Waals surface area contributed by atoms with Gasteiger partial charge in [0.1, 0.15) is 0 Å². The molecule has 80 valence electrons. The molecule has 3 nitrogen and oxygen atoms in total.